The second-order valence-corrected chi connectivity index (χ2v) is 1.55. The van der Waals surface area contributed by atoms with Crippen molar-refractivity contribution in [1.82, 2.24) is 0 Å². The lowest BCUT2D eigenvalue weighted by Gasteiger charge is -1.73. The van der Waals surface area contributed by atoms with Gasteiger partial charge in [0.05, 0.1) is 19.8 Å². The summed E-state index contributed by atoms with van der Waals surface area (Å²) in [5.41, 5.74) is 0. The molecule has 0 radical (unpaired) electrons. The van der Waals surface area contributed by atoms with Crippen LogP contribution in [0.4, 0.5) is 0 Å². The van der Waals surface area contributed by atoms with Crippen molar-refractivity contribution in [3.05, 3.63) is 0 Å². The summed E-state index contributed by atoms with van der Waals surface area (Å²) in [6.07, 6.45) is 0. The molecular formula is C6H14O5. The fraction of sp³-hybridized carbons (Fsp3) is 0.833. The van der Waals surface area contributed by atoms with E-state index in [1.165, 1.54) is 0 Å². The molecule has 0 aromatic heterocycles. The van der Waals surface area contributed by atoms with Crippen LogP contribution in [0.5, 0.6) is 0 Å². The smallest absolute Gasteiger partial charge is 0.300 e. The minimum atomic E-state index is -0.833. The molecule has 0 unspecified atom stereocenters. The molecule has 0 saturated carbocycles. The van der Waals surface area contributed by atoms with Crippen molar-refractivity contribution in [3.63, 3.8) is 0 Å². The molecule has 0 aromatic rings. The SMILES string of the molecule is C1CO1.CC(=O)O.CCOO. The number of rotatable bonds is 1. The molecule has 5 heteroatoms. The number of carboxylic acid groups (broad SMARTS) is 1. The lowest BCUT2D eigenvalue weighted by atomic mass is 10.9. The highest BCUT2D eigenvalue weighted by molar-refractivity contribution is 5.62. The Kier molecular flexibility index (Phi) is 14.2. The summed E-state index contributed by atoms with van der Waals surface area (Å²) in [7, 11) is 0. The zero-order chi connectivity index (χ0) is 9.11. The van der Waals surface area contributed by atoms with Crippen LogP contribution in [0, 0.1) is 0 Å². The van der Waals surface area contributed by atoms with Gasteiger partial charge in [0, 0.05) is 6.92 Å². The standard InChI is InChI=1S/C2H6O2.C2H4O2.C2H4O/c1-2-4-3;1-2(3)4;1-2-3-1/h3H,2H2,1H3;1H3,(H,3,4);1-2H2. The topological polar surface area (TPSA) is 79.3 Å². The van der Waals surface area contributed by atoms with Gasteiger partial charge in [0.25, 0.3) is 5.97 Å². The van der Waals surface area contributed by atoms with Crippen LogP contribution in [0.1, 0.15) is 13.8 Å². The maximum Gasteiger partial charge on any atom is 0.300 e. The summed E-state index contributed by atoms with van der Waals surface area (Å²) < 4.78 is 4.50. The second kappa shape index (κ2) is 12.1. The third-order valence-electron chi connectivity index (χ3n) is 0.333. The van der Waals surface area contributed by atoms with Crippen LogP contribution in [-0.2, 0) is 14.4 Å². The van der Waals surface area contributed by atoms with Gasteiger partial charge in [-0.25, -0.2) is 4.89 Å². The van der Waals surface area contributed by atoms with Gasteiger partial charge < -0.3 is 9.84 Å². The molecule has 68 valence electrons. The predicted molar refractivity (Wildman–Crippen MR) is 38.4 cm³/mol. The summed E-state index contributed by atoms with van der Waals surface area (Å²) in [5.74, 6) is -0.833. The number of carboxylic acids is 1. The van der Waals surface area contributed by atoms with Crippen molar-refractivity contribution in [1.29, 1.82) is 0 Å². The monoisotopic (exact) mass is 166 g/mol. The van der Waals surface area contributed by atoms with Crippen LogP contribution in [0.2, 0.25) is 0 Å². The highest BCUT2D eigenvalue weighted by atomic mass is 17.1. The van der Waals surface area contributed by atoms with E-state index >= 15 is 0 Å². The minimum Gasteiger partial charge on any atom is -0.481 e. The number of ether oxygens (including phenoxy) is 1. The summed E-state index contributed by atoms with van der Waals surface area (Å²) >= 11 is 0. The molecule has 0 aliphatic carbocycles. The lowest BCUT2D eigenvalue weighted by molar-refractivity contribution is -0.237. The van der Waals surface area contributed by atoms with Crippen LogP contribution < -0.4 is 0 Å². The largest absolute Gasteiger partial charge is 0.481 e. The Morgan fingerprint density at radius 1 is 1.64 bits per heavy atom. The first kappa shape index (κ1) is 13.0. The Labute approximate surface area is 65.5 Å². The maximum atomic E-state index is 9.00. The van der Waals surface area contributed by atoms with Crippen LogP contribution in [0.15, 0.2) is 0 Å². The Balaban J connectivity index is 0. The van der Waals surface area contributed by atoms with Crippen molar-refractivity contribution < 1.29 is 24.8 Å². The third kappa shape index (κ3) is 277. The highest BCUT2D eigenvalue weighted by Crippen LogP contribution is 1.84. The number of hydrogen-bond acceptors (Lipinski definition) is 4. The fourth-order valence-corrected chi connectivity index (χ4v) is 0. The van der Waals surface area contributed by atoms with Gasteiger partial charge in [0.2, 0.25) is 0 Å². The predicted octanol–water partition coefficient (Wildman–Crippen LogP) is 0.603. The molecule has 0 bridgehead atoms. The van der Waals surface area contributed by atoms with Crippen LogP contribution in [0.3, 0.4) is 0 Å². The van der Waals surface area contributed by atoms with E-state index < -0.39 is 5.97 Å². The summed E-state index contributed by atoms with van der Waals surface area (Å²) in [4.78, 5) is 12.5. The van der Waals surface area contributed by atoms with E-state index in [4.69, 9.17) is 15.2 Å². The number of hydrogen-bond donors (Lipinski definition) is 2. The van der Waals surface area contributed by atoms with E-state index in [2.05, 4.69) is 9.62 Å². The van der Waals surface area contributed by atoms with E-state index in [0.717, 1.165) is 20.1 Å². The molecule has 2 N–H and O–H groups in total. The number of carbonyl (C=O) groups is 1. The molecule has 1 aliphatic rings. The molecule has 0 aromatic carbocycles. The quantitative estimate of drug-likeness (QED) is 0.339. The van der Waals surface area contributed by atoms with Gasteiger partial charge >= 0.3 is 0 Å². The molecule has 1 heterocycles. The molecule has 1 saturated heterocycles. The van der Waals surface area contributed by atoms with Gasteiger partial charge in [0.15, 0.2) is 0 Å². The average Bonchev–Trinajstić information content (AvgIpc) is 2.70. The van der Waals surface area contributed by atoms with Crippen molar-refractivity contribution in [3.8, 4) is 0 Å². The van der Waals surface area contributed by atoms with Crippen molar-refractivity contribution in [2.45, 2.75) is 13.8 Å². The molecule has 0 spiro atoms. The fourth-order valence-electron chi connectivity index (χ4n) is 0. The summed E-state index contributed by atoms with van der Waals surface area (Å²) in [6.45, 7) is 5.17. The van der Waals surface area contributed by atoms with Gasteiger partial charge in [-0.15, -0.1) is 0 Å². The average molecular weight is 166 g/mol. The molecule has 1 fully saturated rings. The zero-order valence-electron chi connectivity index (χ0n) is 6.74. The lowest BCUT2D eigenvalue weighted by Crippen LogP contribution is -1.78. The van der Waals surface area contributed by atoms with Crippen molar-refractivity contribution >= 4 is 5.97 Å². The molecule has 0 atom stereocenters. The molecule has 5 nitrogen and oxygen atoms in total. The minimum absolute atomic E-state index is 0.375. The molecule has 1 rings (SSSR count). The first-order chi connectivity index (χ1) is 5.15. The van der Waals surface area contributed by atoms with Crippen molar-refractivity contribution in [2.75, 3.05) is 19.8 Å². The Bertz CT molecular complexity index is 72.3. The molecule has 0 amide bonds. The van der Waals surface area contributed by atoms with E-state index in [0.29, 0.717) is 6.61 Å². The number of epoxide rings is 1. The van der Waals surface area contributed by atoms with E-state index in [9.17, 15) is 0 Å². The third-order valence-corrected chi connectivity index (χ3v) is 0.333. The highest BCUT2D eigenvalue weighted by Gasteiger charge is 1.94. The van der Waals surface area contributed by atoms with Crippen molar-refractivity contribution in [2.24, 2.45) is 0 Å². The molecular weight excluding hydrogens is 152 g/mol. The van der Waals surface area contributed by atoms with Gasteiger partial charge in [-0.3, -0.25) is 10.1 Å². The first-order valence-electron chi connectivity index (χ1n) is 3.18. The summed E-state index contributed by atoms with van der Waals surface area (Å²) in [6, 6.07) is 0. The Morgan fingerprint density at radius 2 is 1.82 bits per heavy atom. The Morgan fingerprint density at radius 3 is 1.82 bits per heavy atom. The van der Waals surface area contributed by atoms with Gasteiger partial charge in [-0.1, -0.05) is 0 Å². The molecule has 11 heavy (non-hydrogen) atoms. The van der Waals surface area contributed by atoms with Crippen LogP contribution >= 0.6 is 0 Å². The number of aliphatic carboxylic acids is 1. The second-order valence-electron chi connectivity index (χ2n) is 1.55. The normalized spacial score (nSPS) is 11.5. The Hall–Kier alpha value is -0.650. The first-order valence-corrected chi connectivity index (χ1v) is 3.18. The molecule has 1 aliphatic heterocycles. The van der Waals surface area contributed by atoms with Gasteiger partial charge in [0.1, 0.15) is 0 Å². The van der Waals surface area contributed by atoms with E-state index in [-0.39, 0.29) is 0 Å². The van der Waals surface area contributed by atoms with E-state index in [1.807, 2.05) is 0 Å². The van der Waals surface area contributed by atoms with Crippen LogP contribution in [-0.4, -0.2) is 36.2 Å². The van der Waals surface area contributed by atoms with Crippen LogP contribution in [0.25, 0.3) is 0 Å². The van der Waals surface area contributed by atoms with Gasteiger partial charge in [-0.2, -0.15) is 0 Å². The van der Waals surface area contributed by atoms with E-state index in [1.54, 1.807) is 6.92 Å². The maximum absolute atomic E-state index is 9.00. The summed E-state index contributed by atoms with van der Waals surface area (Å²) in [5, 5.41) is 14.8. The van der Waals surface area contributed by atoms with Gasteiger partial charge in [-0.05, 0) is 6.92 Å². The zero-order valence-corrected chi connectivity index (χ0v) is 6.74.